The number of halogens is 1. The number of nitrogens with one attached hydrogen (secondary N) is 2. The van der Waals surface area contributed by atoms with Gasteiger partial charge in [-0.15, -0.1) is 11.2 Å². The molecule has 4 rings (SSSR count). The molecule has 7 nitrogen and oxygen atoms in total. The van der Waals surface area contributed by atoms with Crippen molar-refractivity contribution in [1.29, 1.82) is 0 Å². The second kappa shape index (κ2) is 12.1. The maximum Gasteiger partial charge on any atom is 0.328 e. The van der Waals surface area contributed by atoms with E-state index in [-0.39, 0.29) is 50.6 Å². The Kier molecular flexibility index (Phi) is 10.1. The summed E-state index contributed by atoms with van der Waals surface area (Å²) < 4.78 is 0. The van der Waals surface area contributed by atoms with Crippen molar-refractivity contribution in [1.82, 2.24) is 10.8 Å². The van der Waals surface area contributed by atoms with Gasteiger partial charge in [-0.2, -0.15) is 0 Å². The number of anilines is 1. The molecular formula is C23H28ClN4O3Y-. The molecule has 0 spiro atoms. The molecule has 1 heterocycles. The van der Waals surface area contributed by atoms with Gasteiger partial charge in [0.25, 0.3) is 0 Å². The molecule has 2 fully saturated rings. The predicted molar refractivity (Wildman–Crippen MR) is 123 cm³/mol. The van der Waals surface area contributed by atoms with Crippen molar-refractivity contribution in [2.45, 2.75) is 45.1 Å². The number of hydrogen-bond donors (Lipinski definition) is 3. The van der Waals surface area contributed by atoms with E-state index in [0.29, 0.717) is 23.8 Å². The van der Waals surface area contributed by atoms with E-state index in [9.17, 15) is 9.59 Å². The number of imide groups is 1. The first-order valence-electron chi connectivity index (χ1n) is 10.6. The number of rotatable bonds is 7. The van der Waals surface area contributed by atoms with Crippen LogP contribution in [0.25, 0.3) is 16.4 Å². The fourth-order valence-corrected chi connectivity index (χ4v) is 3.92. The zero-order valence-corrected chi connectivity index (χ0v) is 22.0. The molecule has 32 heavy (non-hydrogen) atoms. The van der Waals surface area contributed by atoms with Crippen molar-refractivity contribution in [3.8, 4) is 11.1 Å². The van der Waals surface area contributed by atoms with Crippen LogP contribution in [0, 0.1) is 0 Å². The van der Waals surface area contributed by atoms with E-state index in [4.69, 9.17) is 22.1 Å². The number of urea groups is 1. The number of amides is 3. The average molecular weight is 533 g/mol. The van der Waals surface area contributed by atoms with Gasteiger partial charge in [-0.05, 0) is 18.1 Å². The van der Waals surface area contributed by atoms with E-state index < -0.39 is 6.03 Å². The Morgan fingerprint density at radius 1 is 1.16 bits per heavy atom. The molecule has 1 saturated carbocycles. The Labute approximate surface area is 219 Å². The molecule has 2 aromatic rings. The SMILES string of the molecule is CC.O=C1CCN(c2cccc(-c3ccc([N-]C4(CCNO)CC4)cc3)c2Cl)C(=O)N1.[Y]. The van der Waals surface area contributed by atoms with Crippen LogP contribution in [0.1, 0.15) is 39.5 Å². The molecule has 2 aromatic carbocycles. The Bertz CT molecular complexity index is 935. The van der Waals surface area contributed by atoms with Gasteiger partial charge in [-0.1, -0.05) is 74.7 Å². The summed E-state index contributed by atoms with van der Waals surface area (Å²) in [5, 5.41) is 16.4. The van der Waals surface area contributed by atoms with Gasteiger partial charge in [-0.3, -0.25) is 15.0 Å². The molecule has 3 N–H and O–H groups in total. The normalized spacial score (nSPS) is 16.3. The zero-order valence-electron chi connectivity index (χ0n) is 18.4. The van der Waals surface area contributed by atoms with Crippen LogP contribution < -0.4 is 15.7 Å². The molecule has 0 atom stereocenters. The van der Waals surface area contributed by atoms with Crippen LogP contribution in [-0.4, -0.2) is 35.8 Å². The summed E-state index contributed by atoms with van der Waals surface area (Å²) in [7, 11) is 0. The number of nitrogens with zero attached hydrogens (tertiary/aromatic N) is 2. The molecule has 3 amide bonds. The second-order valence-electron chi connectivity index (χ2n) is 7.43. The summed E-state index contributed by atoms with van der Waals surface area (Å²) >= 11 is 6.63. The molecule has 1 radical (unpaired) electrons. The Morgan fingerprint density at radius 3 is 2.44 bits per heavy atom. The Hall–Kier alpha value is -1.51. The zero-order chi connectivity index (χ0) is 22.4. The largest absolute Gasteiger partial charge is 0.679 e. The van der Waals surface area contributed by atoms with Crippen molar-refractivity contribution >= 4 is 34.9 Å². The summed E-state index contributed by atoms with van der Waals surface area (Å²) in [6, 6.07) is 12.9. The van der Waals surface area contributed by atoms with Gasteiger partial charge in [0.05, 0.1) is 10.7 Å². The number of hydroxylamine groups is 1. The topological polar surface area (TPSA) is 95.8 Å². The minimum absolute atomic E-state index is 0. The van der Waals surface area contributed by atoms with Crippen LogP contribution in [0.5, 0.6) is 0 Å². The minimum atomic E-state index is -0.457. The molecule has 1 saturated heterocycles. The number of carbonyl (C=O) groups is 2. The van der Waals surface area contributed by atoms with Crippen LogP contribution >= 0.6 is 11.6 Å². The van der Waals surface area contributed by atoms with E-state index in [0.717, 1.165) is 36.1 Å². The summed E-state index contributed by atoms with van der Waals surface area (Å²) in [6.07, 6.45) is 3.12. The summed E-state index contributed by atoms with van der Waals surface area (Å²) in [5.41, 5.74) is 5.34. The van der Waals surface area contributed by atoms with Gasteiger partial charge in [-0.25, -0.2) is 10.3 Å². The summed E-state index contributed by atoms with van der Waals surface area (Å²) in [6.45, 7) is 4.83. The molecule has 169 valence electrons. The molecule has 0 bridgehead atoms. The van der Waals surface area contributed by atoms with Crippen molar-refractivity contribution in [2.24, 2.45) is 0 Å². The number of hydrogen-bond acceptors (Lipinski definition) is 4. The van der Waals surface area contributed by atoms with Gasteiger partial charge in [0.2, 0.25) is 5.91 Å². The fraction of sp³-hybridized carbons (Fsp3) is 0.391. The van der Waals surface area contributed by atoms with Crippen molar-refractivity contribution in [2.75, 3.05) is 18.0 Å². The molecule has 1 aliphatic heterocycles. The molecular weight excluding hydrogens is 505 g/mol. The molecule has 9 heteroatoms. The third-order valence-corrected chi connectivity index (χ3v) is 5.79. The third kappa shape index (κ3) is 6.30. The van der Waals surface area contributed by atoms with Gasteiger partial charge < -0.3 is 10.5 Å². The summed E-state index contributed by atoms with van der Waals surface area (Å²) in [4.78, 5) is 25.1. The van der Waals surface area contributed by atoms with Crippen molar-refractivity contribution < 1.29 is 47.5 Å². The van der Waals surface area contributed by atoms with Crippen LogP contribution in [0.2, 0.25) is 5.02 Å². The van der Waals surface area contributed by atoms with Gasteiger partial charge in [0, 0.05) is 57.8 Å². The molecule has 1 aliphatic carbocycles. The smallest absolute Gasteiger partial charge is 0.328 e. The first kappa shape index (κ1) is 26.7. The number of benzene rings is 2. The van der Waals surface area contributed by atoms with E-state index in [1.807, 2.05) is 50.2 Å². The Balaban J connectivity index is 0.00000118. The molecule has 2 aliphatic rings. The third-order valence-electron chi connectivity index (χ3n) is 5.40. The molecule has 0 unspecified atom stereocenters. The first-order valence-corrected chi connectivity index (χ1v) is 11.0. The monoisotopic (exact) mass is 532 g/mol. The second-order valence-corrected chi connectivity index (χ2v) is 7.81. The fourth-order valence-electron chi connectivity index (χ4n) is 3.59. The van der Waals surface area contributed by atoms with Crippen LogP contribution in [0.4, 0.5) is 16.2 Å². The van der Waals surface area contributed by atoms with Gasteiger partial charge in [0.15, 0.2) is 0 Å². The minimum Gasteiger partial charge on any atom is -0.679 e. The van der Waals surface area contributed by atoms with Crippen molar-refractivity contribution in [3.63, 3.8) is 0 Å². The molecule has 0 aromatic heterocycles. The van der Waals surface area contributed by atoms with Gasteiger partial charge >= 0.3 is 6.03 Å². The average Bonchev–Trinajstić information content (AvgIpc) is 3.54. The quantitative estimate of drug-likeness (QED) is 0.417. The van der Waals surface area contributed by atoms with Crippen LogP contribution in [0.15, 0.2) is 42.5 Å². The van der Waals surface area contributed by atoms with Gasteiger partial charge in [0.1, 0.15) is 0 Å². The predicted octanol–water partition coefficient (Wildman–Crippen LogP) is 5.38. The van der Waals surface area contributed by atoms with Crippen LogP contribution in [-0.2, 0) is 37.5 Å². The van der Waals surface area contributed by atoms with Crippen molar-refractivity contribution in [3.05, 3.63) is 52.8 Å². The van der Waals surface area contributed by atoms with E-state index in [1.165, 1.54) is 4.90 Å². The Morgan fingerprint density at radius 2 is 1.84 bits per heavy atom. The summed E-state index contributed by atoms with van der Waals surface area (Å²) in [5.74, 6) is -0.277. The van der Waals surface area contributed by atoms with E-state index >= 15 is 0 Å². The number of carbonyl (C=O) groups excluding carboxylic acids is 2. The van der Waals surface area contributed by atoms with E-state index in [1.54, 1.807) is 6.07 Å². The first-order chi connectivity index (χ1) is 15.0. The maximum absolute atomic E-state index is 12.2. The standard InChI is InChI=1S/C21H22ClN4O3.C2H6.Y/c22-19-16(2-1-3-17(19)26-13-8-18(27)24-20(26)28)14-4-6-15(7-5-14)25-21(9-10-21)11-12-23-29;1-2;/h1-7,23,29H,8-13H2,(H,24,27,28);1-2H3;/q-1;;. The maximum atomic E-state index is 12.2. The van der Waals surface area contributed by atoms with Crippen LogP contribution in [0.3, 0.4) is 0 Å². The van der Waals surface area contributed by atoms with E-state index in [2.05, 4.69) is 10.8 Å².